The molecule has 9 heavy (non-hydrogen) atoms. The number of rotatable bonds is 1. The second-order valence-electron chi connectivity index (χ2n) is 4.49. The van der Waals surface area contributed by atoms with E-state index < -0.39 is 0 Å². The summed E-state index contributed by atoms with van der Waals surface area (Å²) in [6.45, 7) is 4.83. The highest BCUT2D eigenvalue weighted by molar-refractivity contribution is 5.00. The summed E-state index contributed by atoms with van der Waals surface area (Å²) in [6.07, 6.45) is 6.09. The van der Waals surface area contributed by atoms with E-state index in [4.69, 9.17) is 0 Å². The standard InChI is InChI=1S/C9H16/c1-9(2)6-8(9)7-4-3-5-7/h7-8H,3-6H2,1-2H3. The maximum absolute atomic E-state index is 2.41. The first-order valence-electron chi connectivity index (χ1n) is 4.20. The van der Waals surface area contributed by atoms with Gasteiger partial charge in [-0.25, -0.2) is 0 Å². The van der Waals surface area contributed by atoms with E-state index in [2.05, 4.69) is 13.8 Å². The molecule has 1 unspecified atom stereocenters. The maximum Gasteiger partial charge on any atom is -0.0320 e. The molecule has 0 bridgehead atoms. The minimum atomic E-state index is 0.741. The molecule has 0 aromatic heterocycles. The van der Waals surface area contributed by atoms with Crippen LogP contribution >= 0.6 is 0 Å². The topological polar surface area (TPSA) is 0 Å². The molecule has 1 atom stereocenters. The molecule has 0 saturated heterocycles. The Morgan fingerprint density at radius 1 is 1.22 bits per heavy atom. The predicted octanol–water partition coefficient (Wildman–Crippen LogP) is 2.83. The van der Waals surface area contributed by atoms with Gasteiger partial charge in [-0.05, 0) is 23.7 Å². The maximum atomic E-state index is 2.41. The van der Waals surface area contributed by atoms with Crippen LogP contribution in [0.3, 0.4) is 0 Å². The van der Waals surface area contributed by atoms with E-state index in [1.54, 1.807) is 0 Å². The number of hydrogen-bond acceptors (Lipinski definition) is 0. The third-order valence-electron chi connectivity index (χ3n) is 3.31. The van der Waals surface area contributed by atoms with Crippen molar-refractivity contribution in [1.82, 2.24) is 0 Å². The van der Waals surface area contributed by atoms with Gasteiger partial charge in [-0.15, -0.1) is 0 Å². The van der Waals surface area contributed by atoms with Gasteiger partial charge < -0.3 is 0 Å². The van der Waals surface area contributed by atoms with E-state index >= 15 is 0 Å². The van der Waals surface area contributed by atoms with E-state index in [0.717, 1.165) is 17.3 Å². The van der Waals surface area contributed by atoms with Crippen molar-refractivity contribution < 1.29 is 0 Å². The fourth-order valence-electron chi connectivity index (χ4n) is 2.15. The van der Waals surface area contributed by atoms with Crippen LogP contribution in [0.2, 0.25) is 0 Å². The van der Waals surface area contributed by atoms with Gasteiger partial charge in [0.1, 0.15) is 0 Å². The Kier molecular flexibility index (Phi) is 0.980. The monoisotopic (exact) mass is 124 g/mol. The molecule has 2 saturated carbocycles. The molecule has 0 N–H and O–H groups in total. The summed E-state index contributed by atoms with van der Waals surface area (Å²) in [5.74, 6) is 2.26. The predicted molar refractivity (Wildman–Crippen MR) is 39.2 cm³/mol. The molecule has 0 aromatic carbocycles. The molecule has 2 aliphatic carbocycles. The van der Waals surface area contributed by atoms with E-state index in [9.17, 15) is 0 Å². The van der Waals surface area contributed by atoms with Crippen molar-refractivity contribution in [2.24, 2.45) is 17.3 Å². The summed E-state index contributed by atoms with van der Waals surface area (Å²) >= 11 is 0. The van der Waals surface area contributed by atoms with Crippen LogP contribution in [0, 0.1) is 17.3 Å². The lowest BCUT2D eigenvalue weighted by atomic mass is 9.79. The van der Waals surface area contributed by atoms with Crippen LogP contribution in [-0.2, 0) is 0 Å². The summed E-state index contributed by atoms with van der Waals surface area (Å²) < 4.78 is 0. The van der Waals surface area contributed by atoms with Crippen LogP contribution in [0.5, 0.6) is 0 Å². The number of hydrogen-bond donors (Lipinski definition) is 0. The Hall–Kier alpha value is 0. The molecule has 2 rings (SSSR count). The first-order chi connectivity index (χ1) is 4.20. The zero-order valence-corrected chi connectivity index (χ0v) is 6.48. The average Bonchev–Trinajstić information content (AvgIpc) is 2.07. The molecule has 0 amide bonds. The Labute approximate surface area is 57.6 Å². The highest BCUT2D eigenvalue weighted by Crippen LogP contribution is 2.60. The zero-order valence-electron chi connectivity index (χ0n) is 6.48. The smallest absolute Gasteiger partial charge is 0.0320 e. The van der Waals surface area contributed by atoms with Crippen LogP contribution in [-0.4, -0.2) is 0 Å². The summed E-state index contributed by atoms with van der Waals surface area (Å²) in [7, 11) is 0. The van der Waals surface area contributed by atoms with Crippen LogP contribution in [0.1, 0.15) is 39.5 Å². The highest BCUT2D eigenvalue weighted by Gasteiger charge is 2.50. The summed E-state index contributed by atoms with van der Waals surface area (Å²) in [6, 6.07) is 0. The van der Waals surface area contributed by atoms with E-state index in [1.165, 1.54) is 25.7 Å². The minimum absolute atomic E-state index is 0.741. The average molecular weight is 124 g/mol. The molecule has 2 fully saturated rings. The van der Waals surface area contributed by atoms with Crippen molar-refractivity contribution >= 4 is 0 Å². The first kappa shape index (κ1) is 5.76. The van der Waals surface area contributed by atoms with Gasteiger partial charge in [-0.3, -0.25) is 0 Å². The largest absolute Gasteiger partial charge is 0.0596 e. The van der Waals surface area contributed by atoms with Gasteiger partial charge in [0.05, 0.1) is 0 Å². The SMILES string of the molecule is CC1(C)CC1C1CCC1. The zero-order chi connectivity index (χ0) is 6.48. The van der Waals surface area contributed by atoms with Crippen molar-refractivity contribution in [3.05, 3.63) is 0 Å². The van der Waals surface area contributed by atoms with Crippen molar-refractivity contribution in [2.45, 2.75) is 39.5 Å². The molecule has 0 spiro atoms. The first-order valence-corrected chi connectivity index (χ1v) is 4.20. The van der Waals surface area contributed by atoms with Gasteiger partial charge in [0, 0.05) is 0 Å². The minimum Gasteiger partial charge on any atom is -0.0596 e. The summed E-state index contributed by atoms with van der Waals surface area (Å²) in [4.78, 5) is 0. The van der Waals surface area contributed by atoms with Gasteiger partial charge in [0.2, 0.25) is 0 Å². The fraction of sp³-hybridized carbons (Fsp3) is 1.00. The Bertz CT molecular complexity index is 120. The third-order valence-corrected chi connectivity index (χ3v) is 3.31. The Balaban J connectivity index is 1.89. The molecule has 2 aliphatic rings. The highest BCUT2D eigenvalue weighted by atomic mass is 14.6. The van der Waals surface area contributed by atoms with Crippen molar-refractivity contribution in [2.75, 3.05) is 0 Å². The molecule has 0 nitrogen and oxygen atoms in total. The van der Waals surface area contributed by atoms with Crippen molar-refractivity contribution in [3.63, 3.8) is 0 Å². The second-order valence-corrected chi connectivity index (χ2v) is 4.49. The molecular weight excluding hydrogens is 108 g/mol. The van der Waals surface area contributed by atoms with Gasteiger partial charge in [-0.2, -0.15) is 0 Å². The van der Waals surface area contributed by atoms with Crippen LogP contribution in [0.25, 0.3) is 0 Å². The van der Waals surface area contributed by atoms with Crippen LogP contribution in [0.4, 0.5) is 0 Å². The quantitative estimate of drug-likeness (QED) is 0.504. The van der Waals surface area contributed by atoms with Gasteiger partial charge in [0.15, 0.2) is 0 Å². The van der Waals surface area contributed by atoms with E-state index in [-0.39, 0.29) is 0 Å². The van der Waals surface area contributed by atoms with Crippen molar-refractivity contribution in [3.8, 4) is 0 Å². The molecular formula is C9H16. The summed E-state index contributed by atoms with van der Waals surface area (Å²) in [5.41, 5.74) is 0.741. The normalized spacial score (nSPS) is 40.0. The molecule has 52 valence electrons. The van der Waals surface area contributed by atoms with Gasteiger partial charge in [0.25, 0.3) is 0 Å². The molecule has 0 heteroatoms. The van der Waals surface area contributed by atoms with E-state index in [1.807, 2.05) is 0 Å². The van der Waals surface area contributed by atoms with Crippen LogP contribution in [0.15, 0.2) is 0 Å². The molecule has 0 aromatic rings. The second kappa shape index (κ2) is 1.53. The van der Waals surface area contributed by atoms with Gasteiger partial charge in [-0.1, -0.05) is 33.1 Å². The van der Waals surface area contributed by atoms with E-state index in [0.29, 0.717) is 0 Å². The van der Waals surface area contributed by atoms with Crippen molar-refractivity contribution in [1.29, 1.82) is 0 Å². The lowest BCUT2D eigenvalue weighted by Gasteiger charge is -2.26. The van der Waals surface area contributed by atoms with Crippen LogP contribution < -0.4 is 0 Å². The Morgan fingerprint density at radius 2 is 1.78 bits per heavy atom. The van der Waals surface area contributed by atoms with Gasteiger partial charge >= 0.3 is 0 Å². The molecule has 0 heterocycles. The summed E-state index contributed by atoms with van der Waals surface area (Å²) in [5, 5.41) is 0. The third kappa shape index (κ3) is 0.798. The Morgan fingerprint density at radius 3 is 1.89 bits per heavy atom. The molecule has 0 aliphatic heterocycles. The fourth-order valence-corrected chi connectivity index (χ4v) is 2.15. The lowest BCUT2D eigenvalue weighted by Crippen LogP contribution is -2.15. The lowest BCUT2D eigenvalue weighted by molar-refractivity contribution is 0.249. The molecule has 0 radical (unpaired) electrons.